The zero-order chi connectivity index (χ0) is 11.1. The Hall–Kier alpha value is -0.160. The highest BCUT2D eigenvalue weighted by Crippen LogP contribution is 2.10. The van der Waals surface area contributed by atoms with E-state index in [4.69, 9.17) is 19.3 Å². The number of rotatable bonds is 9. The van der Waals surface area contributed by atoms with E-state index in [1.54, 1.807) is 6.92 Å². The summed E-state index contributed by atoms with van der Waals surface area (Å²) in [6.45, 7) is 7.17. The van der Waals surface area contributed by atoms with Gasteiger partial charge in [-0.05, 0) is 13.3 Å². The summed E-state index contributed by atoms with van der Waals surface area (Å²) in [6, 6.07) is 0. The average molecular weight is 218 g/mol. The summed E-state index contributed by atoms with van der Waals surface area (Å²) >= 11 is 0. The second-order valence-electron chi connectivity index (χ2n) is 4.15. The molecular formula is C11H22O4. The van der Waals surface area contributed by atoms with Gasteiger partial charge in [-0.25, -0.2) is 0 Å². The van der Waals surface area contributed by atoms with E-state index in [0.29, 0.717) is 31.8 Å². The third-order valence-electron chi connectivity index (χ3n) is 2.35. The molecule has 1 fully saturated rings. The summed E-state index contributed by atoms with van der Waals surface area (Å²) in [5.41, 5.74) is 0. The second-order valence-corrected chi connectivity index (χ2v) is 4.15. The van der Waals surface area contributed by atoms with E-state index < -0.39 is 0 Å². The molecule has 0 aromatic heterocycles. The molecule has 0 radical (unpaired) electrons. The number of aliphatic hydroxyl groups excluding tert-OH is 1. The topological polar surface area (TPSA) is 51.2 Å². The maximum Gasteiger partial charge on any atom is 0.104 e. The van der Waals surface area contributed by atoms with Gasteiger partial charge in [0, 0.05) is 5.92 Å². The van der Waals surface area contributed by atoms with Gasteiger partial charge in [-0.2, -0.15) is 0 Å². The number of epoxide rings is 1. The van der Waals surface area contributed by atoms with Gasteiger partial charge in [0.05, 0.1) is 39.1 Å². The predicted molar refractivity (Wildman–Crippen MR) is 56.8 cm³/mol. The van der Waals surface area contributed by atoms with Gasteiger partial charge in [0.2, 0.25) is 0 Å². The molecule has 4 heteroatoms. The minimum absolute atomic E-state index is 0.334. The van der Waals surface area contributed by atoms with Crippen molar-refractivity contribution in [1.82, 2.24) is 0 Å². The van der Waals surface area contributed by atoms with Crippen molar-refractivity contribution in [2.75, 3.05) is 33.0 Å². The minimum Gasteiger partial charge on any atom is -0.391 e. The van der Waals surface area contributed by atoms with Crippen LogP contribution in [0.4, 0.5) is 0 Å². The summed E-state index contributed by atoms with van der Waals surface area (Å²) in [5, 5.41) is 9.02. The Morgan fingerprint density at radius 2 is 2.00 bits per heavy atom. The van der Waals surface area contributed by atoms with E-state index >= 15 is 0 Å². The number of hydrogen-bond donors (Lipinski definition) is 1. The third kappa shape index (κ3) is 6.84. The molecule has 1 heterocycles. The predicted octanol–water partition coefficient (Wildman–Crippen LogP) is 0.825. The Labute approximate surface area is 91.5 Å². The molecule has 3 atom stereocenters. The molecule has 0 bridgehead atoms. The third-order valence-corrected chi connectivity index (χ3v) is 2.35. The normalized spacial score (nSPS) is 23.8. The molecule has 0 amide bonds. The quantitative estimate of drug-likeness (QED) is 0.582. The molecule has 1 aliphatic heterocycles. The number of hydrogen-bond acceptors (Lipinski definition) is 4. The minimum atomic E-state index is -0.386. The molecule has 0 aromatic carbocycles. The fourth-order valence-corrected chi connectivity index (χ4v) is 1.22. The lowest BCUT2D eigenvalue weighted by molar-refractivity contribution is 0.00217. The van der Waals surface area contributed by atoms with Crippen LogP contribution in [-0.2, 0) is 14.2 Å². The van der Waals surface area contributed by atoms with Crippen LogP contribution >= 0.6 is 0 Å². The van der Waals surface area contributed by atoms with E-state index in [1.807, 2.05) is 0 Å². The molecular weight excluding hydrogens is 196 g/mol. The Balaban J connectivity index is 1.95. The van der Waals surface area contributed by atoms with Crippen molar-refractivity contribution in [2.24, 2.45) is 5.92 Å². The molecule has 90 valence electrons. The second kappa shape index (κ2) is 7.17. The standard InChI is InChI=1S/C11H22O4/c1-3-10(5-13-4-9(2)12)6-14-7-11-8-15-11/h9-12H,3-8H2,1-2H3. The van der Waals surface area contributed by atoms with Gasteiger partial charge in [-0.15, -0.1) is 0 Å². The molecule has 1 aliphatic rings. The molecule has 3 unspecified atom stereocenters. The van der Waals surface area contributed by atoms with Crippen LogP contribution in [0.2, 0.25) is 0 Å². The van der Waals surface area contributed by atoms with Crippen LogP contribution in [0.25, 0.3) is 0 Å². The zero-order valence-corrected chi connectivity index (χ0v) is 9.65. The van der Waals surface area contributed by atoms with Crippen LogP contribution in [0.1, 0.15) is 20.3 Å². The highest BCUT2D eigenvalue weighted by atomic mass is 16.6. The maximum absolute atomic E-state index is 9.02. The Morgan fingerprint density at radius 3 is 2.53 bits per heavy atom. The van der Waals surface area contributed by atoms with Crippen LogP contribution in [0.15, 0.2) is 0 Å². The number of aliphatic hydroxyl groups is 1. The molecule has 1 saturated heterocycles. The van der Waals surface area contributed by atoms with Gasteiger partial charge in [0.1, 0.15) is 6.10 Å². The molecule has 0 aliphatic carbocycles. The lowest BCUT2D eigenvalue weighted by Crippen LogP contribution is -2.20. The molecule has 1 rings (SSSR count). The first-order chi connectivity index (χ1) is 7.22. The molecule has 15 heavy (non-hydrogen) atoms. The van der Waals surface area contributed by atoms with Crippen molar-refractivity contribution in [3.63, 3.8) is 0 Å². The Bertz CT molecular complexity index is 149. The van der Waals surface area contributed by atoms with Crippen molar-refractivity contribution in [3.05, 3.63) is 0 Å². The van der Waals surface area contributed by atoms with Gasteiger partial charge in [-0.3, -0.25) is 0 Å². The Morgan fingerprint density at radius 1 is 1.33 bits per heavy atom. The van der Waals surface area contributed by atoms with E-state index in [2.05, 4.69) is 6.92 Å². The maximum atomic E-state index is 9.02. The van der Waals surface area contributed by atoms with Crippen LogP contribution in [0.3, 0.4) is 0 Å². The summed E-state index contributed by atoms with van der Waals surface area (Å²) in [5.74, 6) is 0.419. The molecule has 0 saturated carbocycles. The molecule has 4 nitrogen and oxygen atoms in total. The van der Waals surface area contributed by atoms with Gasteiger partial charge in [0.25, 0.3) is 0 Å². The van der Waals surface area contributed by atoms with Gasteiger partial charge in [0.15, 0.2) is 0 Å². The van der Waals surface area contributed by atoms with Crippen molar-refractivity contribution >= 4 is 0 Å². The van der Waals surface area contributed by atoms with Gasteiger partial charge in [-0.1, -0.05) is 6.92 Å². The van der Waals surface area contributed by atoms with E-state index in [-0.39, 0.29) is 6.10 Å². The first-order valence-corrected chi connectivity index (χ1v) is 5.67. The SMILES string of the molecule is CCC(COCC(C)O)COCC1CO1. The first kappa shape index (κ1) is 12.9. The summed E-state index contributed by atoms with van der Waals surface area (Å²) in [6.07, 6.45) is 0.981. The first-order valence-electron chi connectivity index (χ1n) is 5.67. The molecule has 0 spiro atoms. The van der Waals surface area contributed by atoms with Crippen molar-refractivity contribution < 1.29 is 19.3 Å². The van der Waals surface area contributed by atoms with Gasteiger partial charge < -0.3 is 19.3 Å². The smallest absolute Gasteiger partial charge is 0.104 e. The molecule has 1 N–H and O–H groups in total. The largest absolute Gasteiger partial charge is 0.391 e. The van der Waals surface area contributed by atoms with Gasteiger partial charge >= 0.3 is 0 Å². The average Bonchev–Trinajstić information content (AvgIpc) is 2.99. The lowest BCUT2D eigenvalue weighted by Gasteiger charge is -2.15. The van der Waals surface area contributed by atoms with Crippen molar-refractivity contribution in [3.8, 4) is 0 Å². The highest BCUT2D eigenvalue weighted by molar-refractivity contribution is 4.67. The van der Waals surface area contributed by atoms with E-state index in [9.17, 15) is 0 Å². The summed E-state index contributed by atoms with van der Waals surface area (Å²) < 4.78 is 15.9. The van der Waals surface area contributed by atoms with Crippen LogP contribution < -0.4 is 0 Å². The van der Waals surface area contributed by atoms with Crippen LogP contribution in [-0.4, -0.2) is 50.3 Å². The van der Waals surface area contributed by atoms with E-state index in [1.165, 1.54) is 0 Å². The monoisotopic (exact) mass is 218 g/mol. The molecule has 0 aromatic rings. The fourth-order valence-electron chi connectivity index (χ4n) is 1.22. The van der Waals surface area contributed by atoms with Crippen molar-refractivity contribution in [1.29, 1.82) is 0 Å². The fraction of sp³-hybridized carbons (Fsp3) is 1.00. The Kier molecular flexibility index (Phi) is 6.17. The zero-order valence-electron chi connectivity index (χ0n) is 9.65. The summed E-state index contributed by atoms with van der Waals surface area (Å²) in [4.78, 5) is 0. The highest BCUT2D eigenvalue weighted by Gasteiger charge is 2.22. The van der Waals surface area contributed by atoms with Crippen LogP contribution in [0.5, 0.6) is 0 Å². The van der Waals surface area contributed by atoms with E-state index in [0.717, 1.165) is 19.6 Å². The number of ether oxygens (including phenoxy) is 3. The van der Waals surface area contributed by atoms with Crippen LogP contribution in [0, 0.1) is 5.92 Å². The summed E-state index contributed by atoms with van der Waals surface area (Å²) in [7, 11) is 0. The lowest BCUT2D eigenvalue weighted by atomic mass is 10.1. The van der Waals surface area contributed by atoms with Crippen molar-refractivity contribution in [2.45, 2.75) is 32.5 Å².